The molecule has 104 valence electrons. The van der Waals surface area contributed by atoms with Gasteiger partial charge < -0.3 is 14.9 Å². The number of aliphatic hydroxyl groups excluding tert-OH is 1. The summed E-state index contributed by atoms with van der Waals surface area (Å²) in [5, 5.41) is 20.4. The normalized spacial score (nSPS) is 32.7. The van der Waals surface area contributed by atoms with Crippen LogP contribution in [-0.2, 0) is 4.74 Å². The van der Waals surface area contributed by atoms with Crippen molar-refractivity contribution in [2.45, 2.75) is 70.4 Å². The second-order valence-electron chi connectivity index (χ2n) is 6.03. The quantitative estimate of drug-likeness (QED) is 0.741. The number of aliphatic hydroxyl groups is 2. The third kappa shape index (κ3) is 3.94. The van der Waals surface area contributed by atoms with Crippen LogP contribution in [0, 0.1) is 0 Å². The van der Waals surface area contributed by atoms with Crippen molar-refractivity contribution in [3.05, 3.63) is 24.3 Å². The first-order valence-corrected chi connectivity index (χ1v) is 6.55. The summed E-state index contributed by atoms with van der Waals surface area (Å²) in [5.41, 5.74) is -0.330. The lowest BCUT2D eigenvalue weighted by Gasteiger charge is -2.32. The van der Waals surface area contributed by atoms with Crippen LogP contribution in [0.4, 0.5) is 0 Å². The molecule has 1 fully saturated rings. The van der Waals surface area contributed by atoms with E-state index < -0.39 is 11.7 Å². The average molecular weight is 254 g/mol. The highest BCUT2D eigenvalue weighted by atomic mass is 16.5. The van der Waals surface area contributed by atoms with E-state index in [2.05, 4.69) is 6.58 Å². The van der Waals surface area contributed by atoms with Crippen LogP contribution in [0.2, 0.25) is 0 Å². The Kier molecular flexibility index (Phi) is 4.76. The molecule has 0 aromatic carbocycles. The maximum atomic E-state index is 10.5. The van der Waals surface area contributed by atoms with Crippen molar-refractivity contribution in [1.82, 2.24) is 0 Å². The molecule has 3 nitrogen and oxygen atoms in total. The molecule has 0 bridgehead atoms. The van der Waals surface area contributed by atoms with Gasteiger partial charge in [-0.1, -0.05) is 17.7 Å². The minimum Gasteiger partial charge on any atom is -0.389 e. The van der Waals surface area contributed by atoms with E-state index in [1.54, 1.807) is 19.1 Å². The second kappa shape index (κ2) is 5.55. The molecule has 0 radical (unpaired) electrons. The molecule has 1 saturated heterocycles. The molecule has 0 spiro atoms. The highest BCUT2D eigenvalue weighted by Gasteiger charge is 2.43. The van der Waals surface area contributed by atoms with E-state index in [0.717, 1.165) is 18.4 Å². The molecule has 4 atom stereocenters. The molecular formula is C15H26O3. The van der Waals surface area contributed by atoms with Gasteiger partial charge >= 0.3 is 0 Å². The fourth-order valence-electron chi connectivity index (χ4n) is 2.45. The summed E-state index contributed by atoms with van der Waals surface area (Å²) in [5.74, 6) is 0. The van der Waals surface area contributed by atoms with E-state index >= 15 is 0 Å². The van der Waals surface area contributed by atoms with Crippen molar-refractivity contribution in [3.63, 3.8) is 0 Å². The van der Waals surface area contributed by atoms with Gasteiger partial charge in [0.2, 0.25) is 0 Å². The molecule has 0 aromatic rings. The Morgan fingerprint density at radius 2 is 2.22 bits per heavy atom. The zero-order valence-corrected chi connectivity index (χ0v) is 11.9. The summed E-state index contributed by atoms with van der Waals surface area (Å²) in [6, 6.07) is 0. The van der Waals surface area contributed by atoms with E-state index in [9.17, 15) is 10.2 Å². The van der Waals surface area contributed by atoms with Crippen LogP contribution >= 0.6 is 0 Å². The SMILES string of the molecule is C=CC1(C)CCC(C(C)(O)CC(O)C=C(C)C)O1. The predicted molar refractivity (Wildman–Crippen MR) is 73.4 cm³/mol. The van der Waals surface area contributed by atoms with Crippen LogP contribution < -0.4 is 0 Å². The summed E-state index contributed by atoms with van der Waals surface area (Å²) in [6.07, 6.45) is 4.60. The molecule has 0 saturated carbocycles. The van der Waals surface area contributed by atoms with Crippen molar-refractivity contribution < 1.29 is 14.9 Å². The summed E-state index contributed by atoms with van der Waals surface area (Å²) in [7, 11) is 0. The smallest absolute Gasteiger partial charge is 0.0908 e. The molecule has 4 unspecified atom stereocenters. The highest BCUT2D eigenvalue weighted by Crippen LogP contribution is 2.37. The van der Waals surface area contributed by atoms with Crippen molar-refractivity contribution >= 4 is 0 Å². The fourth-order valence-corrected chi connectivity index (χ4v) is 2.45. The number of ether oxygens (including phenoxy) is 1. The Hall–Kier alpha value is -0.640. The largest absolute Gasteiger partial charge is 0.389 e. The van der Waals surface area contributed by atoms with Crippen molar-refractivity contribution in [2.75, 3.05) is 0 Å². The maximum absolute atomic E-state index is 10.5. The van der Waals surface area contributed by atoms with E-state index in [1.807, 2.05) is 20.8 Å². The van der Waals surface area contributed by atoms with Crippen LogP contribution in [0.25, 0.3) is 0 Å². The van der Waals surface area contributed by atoms with Crippen LogP contribution in [0.15, 0.2) is 24.3 Å². The van der Waals surface area contributed by atoms with E-state index in [1.165, 1.54) is 0 Å². The first-order chi connectivity index (χ1) is 8.18. The number of allylic oxidation sites excluding steroid dienone is 1. The van der Waals surface area contributed by atoms with Crippen molar-refractivity contribution in [1.29, 1.82) is 0 Å². The van der Waals surface area contributed by atoms with Gasteiger partial charge in [-0.25, -0.2) is 0 Å². The monoisotopic (exact) mass is 254 g/mol. The van der Waals surface area contributed by atoms with Crippen LogP contribution in [-0.4, -0.2) is 33.6 Å². The molecule has 1 aliphatic rings. The van der Waals surface area contributed by atoms with Gasteiger partial charge in [0.05, 0.1) is 23.4 Å². The standard InChI is InChI=1S/C15H26O3/c1-6-14(4)8-7-13(18-14)15(5,17)10-12(16)9-11(2)3/h6,9,12-13,16-17H,1,7-8,10H2,2-5H3. The number of rotatable bonds is 5. The summed E-state index contributed by atoms with van der Waals surface area (Å²) >= 11 is 0. The van der Waals surface area contributed by atoms with Gasteiger partial charge in [0.15, 0.2) is 0 Å². The maximum Gasteiger partial charge on any atom is 0.0908 e. The summed E-state index contributed by atoms with van der Waals surface area (Å²) in [6.45, 7) is 11.3. The minimum absolute atomic E-state index is 0.249. The number of hydrogen-bond acceptors (Lipinski definition) is 3. The fraction of sp³-hybridized carbons (Fsp3) is 0.733. The first-order valence-electron chi connectivity index (χ1n) is 6.55. The second-order valence-corrected chi connectivity index (χ2v) is 6.03. The third-order valence-electron chi connectivity index (χ3n) is 3.59. The van der Waals surface area contributed by atoms with Crippen LogP contribution in [0.3, 0.4) is 0 Å². The lowest BCUT2D eigenvalue weighted by atomic mass is 9.89. The van der Waals surface area contributed by atoms with Crippen molar-refractivity contribution in [2.24, 2.45) is 0 Å². The van der Waals surface area contributed by atoms with Gasteiger partial charge in [0.1, 0.15) is 0 Å². The minimum atomic E-state index is -1.02. The van der Waals surface area contributed by atoms with E-state index in [0.29, 0.717) is 0 Å². The average Bonchev–Trinajstić information content (AvgIpc) is 2.60. The molecule has 1 aliphatic heterocycles. The van der Waals surface area contributed by atoms with Crippen LogP contribution in [0.5, 0.6) is 0 Å². The molecule has 18 heavy (non-hydrogen) atoms. The van der Waals surface area contributed by atoms with Gasteiger partial charge in [-0.05, 0) is 40.5 Å². The first kappa shape index (κ1) is 15.4. The molecule has 0 aliphatic carbocycles. The Morgan fingerprint density at radius 3 is 2.67 bits per heavy atom. The zero-order chi connectivity index (χ0) is 14.0. The Balaban J connectivity index is 2.65. The Labute approximate surface area is 110 Å². The topological polar surface area (TPSA) is 49.7 Å². The zero-order valence-electron chi connectivity index (χ0n) is 11.9. The lowest BCUT2D eigenvalue weighted by molar-refractivity contribution is -0.121. The van der Waals surface area contributed by atoms with E-state index in [4.69, 9.17) is 4.74 Å². The van der Waals surface area contributed by atoms with Gasteiger partial charge in [-0.15, -0.1) is 6.58 Å². The van der Waals surface area contributed by atoms with Crippen molar-refractivity contribution in [3.8, 4) is 0 Å². The van der Waals surface area contributed by atoms with E-state index in [-0.39, 0.29) is 18.1 Å². The predicted octanol–water partition coefficient (Wildman–Crippen LogP) is 2.58. The van der Waals surface area contributed by atoms with Gasteiger partial charge in [0, 0.05) is 6.42 Å². The van der Waals surface area contributed by atoms with Gasteiger partial charge in [-0.2, -0.15) is 0 Å². The van der Waals surface area contributed by atoms with Crippen LogP contribution in [0.1, 0.15) is 47.0 Å². The van der Waals surface area contributed by atoms with Gasteiger partial charge in [0.25, 0.3) is 0 Å². The molecule has 0 aromatic heterocycles. The summed E-state index contributed by atoms with van der Waals surface area (Å²) in [4.78, 5) is 0. The third-order valence-corrected chi connectivity index (χ3v) is 3.59. The number of hydrogen-bond donors (Lipinski definition) is 2. The molecule has 1 heterocycles. The molecule has 3 heteroatoms. The Morgan fingerprint density at radius 1 is 1.61 bits per heavy atom. The lowest BCUT2D eigenvalue weighted by Crippen LogP contribution is -2.43. The Bertz CT molecular complexity index is 329. The highest BCUT2D eigenvalue weighted by molar-refractivity contribution is 5.05. The van der Waals surface area contributed by atoms with Gasteiger partial charge in [-0.3, -0.25) is 0 Å². The summed E-state index contributed by atoms with van der Waals surface area (Å²) < 4.78 is 5.87. The molecule has 0 amide bonds. The molecular weight excluding hydrogens is 228 g/mol. The molecule has 1 rings (SSSR count). The molecule has 2 N–H and O–H groups in total.